The molecule has 0 heterocycles. The molecule has 1 saturated carbocycles. The highest BCUT2D eigenvalue weighted by Gasteiger charge is 2.27. The van der Waals surface area contributed by atoms with Crippen molar-refractivity contribution in [3.8, 4) is 11.5 Å². The van der Waals surface area contributed by atoms with Crippen LogP contribution in [-0.2, 0) is 6.54 Å². The lowest BCUT2D eigenvalue weighted by Crippen LogP contribution is -2.35. The monoisotopic (exact) mass is 295 g/mol. The number of nitrogens with zero attached hydrogens (tertiary/aromatic N) is 2. The zero-order valence-corrected chi connectivity index (χ0v) is 12.8. The molecule has 0 saturated heterocycles. The van der Waals surface area contributed by atoms with E-state index in [0.717, 1.165) is 17.1 Å². The second-order valence-corrected chi connectivity index (χ2v) is 5.54. The van der Waals surface area contributed by atoms with Crippen LogP contribution in [0.3, 0.4) is 0 Å². The van der Waals surface area contributed by atoms with Crippen LogP contribution < -0.4 is 10.5 Å². The molecule has 1 aliphatic rings. The SMILES string of the molecule is CN(C(N)=NCc1ccccc1Oc1ccccc1)C1CC1. The third-order valence-electron chi connectivity index (χ3n) is 3.81. The van der Waals surface area contributed by atoms with Gasteiger partial charge in [0.1, 0.15) is 11.5 Å². The first-order chi connectivity index (χ1) is 10.7. The quantitative estimate of drug-likeness (QED) is 0.679. The van der Waals surface area contributed by atoms with Crippen LogP contribution in [0.1, 0.15) is 18.4 Å². The second-order valence-electron chi connectivity index (χ2n) is 5.54. The van der Waals surface area contributed by atoms with Crippen molar-refractivity contribution in [2.75, 3.05) is 7.05 Å². The minimum atomic E-state index is 0.520. The zero-order chi connectivity index (χ0) is 15.4. The van der Waals surface area contributed by atoms with E-state index in [9.17, 15) is 0 Å². The first-order valence-electron chi connectivity index (χ1n) is 7.57. The fourth-order valence-electron chi connectivity index (χ4n) is 2.28. The van der Waals surface area contributed by atoms with Gasteiger partial charge in [0.15, 0.2) is 5.96 Å². The van der Waals surface area contributed by atoms with Crippen molar-refractivity contribution in [1.82, 2.24) is 4.90 Å². The molecule has 0 spiro atoms. The Bertz CT molecular complexity index is 650. The summed E-state index contributed by atoms with van der Waals surface area (Å²) in [7, 11) is 2.00. The normalized spacial score (nSPS) is 14.7. The topological polar surface area (TPSA) is 50.8 Å². The Balaban J connectivity index is 1.72. The third-order valence-corrected chi connectivity index (χ3v) is 3.81. The summed E-state index contributed by atoms with van der Waals surface area (Å²) in [5.41, 5.74) is 7.07. The van der Waals surface area contributed by atoms with Gasteiger partial charge in [0.2, 0.25) is 0 Å². The van der Waals surface area contributed by atoms with E-state index in [1.54, 1.807) is 0 Å². The van der Waals surface area contributed by atoms with E-state index in [1.807, 2.05) is 61.6 Å². The van der Waals surface area contributed by atoms with Crippen molar-refractivity contribution in [1.29, 1.82) is 0 Å². The summed E-state index contributed by atoms with van der Waals surface area (Å²) in [4.78, 5) is 6.55. The van der Waals surface area contributed by atoms with Crippen molar-refractivity contribution >= 4 is 5.96 Å². The molecule has 0 bridgehead atoms. The first kappa shape index (κ1) is 14.4. The Hall–Kier alpha value is -2.49. The van der Waals surface area contributed by atoms with E-state index >= 15 is 0 Å². The molecule has 0 radical (unpaired) electrons. The van der Waals surface area contributed by atoms with E-state index in [-0.39, 0.29) is 0 Å². The van der Waals surface area contributed by atoms with Crippen LogP contribution in [-0.4, -0.2) is 23.9 Å². The highest BCUT2D eigenvalue weighted by Crippen LogP contribution is 2.27. The van der Waals surface area contributed by atoms with E-state index in [0.29, 0.717) is 18.5 Å². The van der Waals surface area contributed by atoms with Gasteiger partial charge in [0.25, 0.3) is 0 Å². The molecule has 4 heteroatoms. The van der Waals surface area contributed by atoms with Gasteiger partial charge in [-0.2, -0.15) is 0 Å². The highest BCUT2D eigenvalue weighted by atomic mass is 16.5. The molecular weight excluding hydrogens is 274 g/mol. The predicted molar refractivity (Wildman–Crippen MR) is 89.1 cm³/mol. The molecule has 1 fully saturated rings. The molecule has 1 aliphatic carbocycles. The molecule has 2 N–H and O–H groups in total. The van der Waals surface area contributed by atoms with Crippen molar-refractivity contribution < 1.29 is 4.74 Å². The number of nitrogens with two attached hydrogens (primary N) is 1. The molecule has 114 valence electrons. The van der Waals surface area contributed by atoms with Crippen LogP contribution >= 0.6 is 0 Å². The van der Waals surface area contributed by atoms with Crippen LogP contribution in [0.4, 0.5) is 0 Å². The Morgan fingerprint density at radius 3 is 2.55 bits per heavy atom. The lowest BCUT2D eigenvalue weighted by atomic mass is 10.2. The summed E-state index contributed by atoms with van der Waals surface area (Å²) >= 11 is 0. The molecule has 2 aromatic rings. The predicted octanol–water partition coefficient (Wildman–Crippen LogP) is 3.39. The molecule has 22 heavy (non-hydrogen) atoms. The third kappa shape index (κ3) is 3.58. The number of aliphatic imine (C=N–C) groups is 1. The number of hydrogen-bond acceptors (Lipinski definition) is 2. The van der Waals surface area contributed by atoms with Crippen molar-refractivity contribution in [2.24, 2.45) is 10.7 Å². The fourth-order valence-corrected chi connectivity index (χ4v) is 2.28. The summed E-state index contributed by atoms with van der Waals surface area (Å²) in [6.07, 6.45) is 2.42. The van der Waals surface area contributed by atoms with Gasteiger partial charge in [-0.25, -0.2) is 4.99 Å². The molecule has 0 aliphatic heterocycles. The first-order valence-corrected chi connectivity index (χ1v) is 7.57. The summed E-state index contributed by atoms with van der Waals surface area (Å²) in [6.45, 7) is 0.520. The van der Waals surface area contributed by atoms with Crippen LogP contribution in [0, 0.1) is 0 Å². The van der Waals surface area contributed by atoms with Gasteiger partial charge in [-0.15, -0.1) is 0 Å². The summed E-state index contributed by atoms with van der Waals surface area (Å²) in [6, 6.07) is 18.3. The second kappa shape index (κ2) is 6.52. The minimum Gasteiger partial charge on any atom is -0.457 e. The maximum Gasteiger partial charge on any atom is 0.191 e. The van der Waals surface area contributed by atoms with Gasteiger partial charge in [0.05, 0.1) is 6.54 Å². The number of ether oxygens (including phenoxy) is 1. The van der Waals surface area contributed by atoms with Crippen molar-refractivity contribution in [2.45, 2.75) is 25.4 Å². The maximum atomic E-state index is 6.04. The van der Waals surface area contributed by atoms with E-state index in [1.165, 1.54) is 12.8 Å². The Labute approximate surface area is 131 Å². The van der Waals surface area contributed by atoms with E-state index in [4.69, 9.17) is 10.5 Å². The number of para-hydroxylation sites is 2. The molecule has 0 unspecified atom stereocenters. The van der Waals surface area contributed by atoms with Gasteiger partial charge >= 0.3 is 0 Å². The molecule has 3 rings (SSSR count). The average Bonchev–Trinajstić information content (AvgIpc) is 3.39. The lowest BCUT2D eigenvalue weighted by Gasteiger charge is -2.17. The molecular formula is C18H21N3O. The molecule has 0 aromatic heterocycles. The van der Waals surface area contributed by atoms with Gasteiger partial charge in [-0.1, -0.05) is 36.4 Å². The maximum absolute atomic E-state index is 6.04. The van der Waals surface area contributed by atoms with Gasteiger partial charge in [-0.05, 0) is 31.0 Å². The largest absolute Gasteiger partial charge is 0.457 e. The van der Waals surface area contributed by atoms with Crippen LogP contribution in [0.5, 0.6) is 11.5 Å². The summed E-state index contributed by atoms with van der Waals surface area (Å²) < 4.78 is 5.94. The van der Waals surface area contributed by atoms with Crippen LogP contribution in [0.2, 0.25) is 0 Å². The minimum absolute atomic E-state index is 0.520. The summed E-state index contributed by atoms with van der Waals surface area (Å²) in [5.74, 6) is 2.23. The summed E-state index contributed by atoms with van der Waals surface area (Å²) in [5, 5.41) is 0. The molecule has 4 nitrogen and oxygen atoms in total. The Kier molecular flexibility index (Phi) is 4.28. The number of rotatable bonds is 5. The van der Waals surface area contributed by atoms with E-state index < -0.39 is 0 Å². The van der Waals surface area contributed by atoms with Crippen molar-refractivity contribution in [3.63, 3.8) is 0 Å². The average molecular weight is 295 g/mol. The van der Waals surface area contributed by atoms with Gasteiger partial charge in [-0.3, -0.25) is 0 Å². The smallest absolute Gasteiger partial charge is 0.191 e. The number of hydrogen-bond donors (Lipinski definition) is 1. The van der Waals surface area contributed by atoms with Crippen LogP contribution in [0.25, 0.3) is 0 Å². The van der Waals surface area contributed by atoms with Crippen LogP contribution in [0.15, 0.2) is 59.6 Å². The van der Waals surface area contributed by atoms with Crippen molar-refractivity contribution in [3.05, 3.63) is 60.2 Å². The van der Waals surface area contributed by atoms with Gasteiger partial charge < -0.3 is 15.4 Å². The zero-order valence-electron chi connectivity index (χ0n) is 12.8. The van der Waals surface area contributed by atoms with Gasteiger partial charge in [0, 0.05) is 18.7 Å². The molecule has 0 amide bonds. The Morgan fingerprint density at radius 2 is 1.82 bits per heavy atom. The van der Waals surface area contributed by atoms with E-state index in [2.05, 4.69) is 9.89 Å². The standard InChI is InChI=1S/C18H21N3O/c1-21(15-11-12-15)18(19)20-13-14-7-5-6-10-17(14)22-16-8-3-2-4-9-16/h2-10,15H,11-13H2,1H3,(H2,19,20). The Morgan fingerprint density at radius 1 is 1.14 bits per heavy atom. The lowest BCUT2D eigenvalue weighted by molar-refractivity contribution is 0.474. The molecule has 2 aromatic carbocycles. The number of benzene rings is 2. The fraction of sp³-hybridized carbons (Fsp3) is 0.278. The number of guanidine groups is 1. The molecule has 0 atom stereocenters. The highest BCUT2D eigenvalue weighted by molar-refractivity contribution is 5.78.